The molecule has 4 heteroatoms. The number of aliphatic imine (C=N–C) groups is 1. The molecule has 0 aliphatic rings. The van der Waals surface area contributed by atoms with Crippen LogP contribution in [0, 0.1) is 6.92 Å². The lowest BCUT2D eigenvalue weighted by molar-refractivity contribution is 0.306. The zero-order chi connectivity index (χ0) is 17.6. The minimum atomic E-state index is 0.486. The summed E-state index contributed by atoms with van der Waals surface area (Å²) in [6.07, 6.45) is 1.75. The quantitative estimate of drug-likeness (QED) is 0.462. The second-order valence-electron chi connectivity index (χ2n) is 5.65. The molecule has 0 aliphatic carbocycles. The topological polar surface area (TPSA) is 21.6 Å². The Hall–Kier alpha value is -2.29. The molecule has 0 saturated heterocycles. The number of hydrogen-bond donors (Lipinski definition) is 0. The van der Waals surface area contributed by atoms with Crippen molar-refractivity contribution in [3.05, 3.63) is 93.5 Å². The van der Waals surface area contributed by atoms with E-state index in [-0.39, 0.29) is 0 Å². The van der Waals surface area contributed by atoms with Crippen LogP contribution in [0.2, 0.25) is 10.0 Å². The van der Waals surface area contributed by atoms with Crippen LogP contribution in [0.1, 0.15) is 16.7 Å². The van der Waals surface area contributed by atoms with Crippen molar-refractivity contribution in [3.8, 4) is 5.75 Å². The highest BCUT2D eigenvalue weighted by Gasteiger charge is 2.05. The van der Waals surface area contributed by atoms with Gasteiger partial charge in [0.15, 0.2) is 0 Å². The van der Waals surface area contributed by atoms with E-state index in [1.807, 2.05) is 73.7 Å². The van der Waals surface area contributed by atoms with Crippen LogP contribution in [0.4, 0.5) is 5.69 Å². The van der Waals surface area contributed by atoms with Gasteiger partial charge in [0.25, 0.3) is 0 Å². The SMILES string of the molecule is Cc1ccc(Cl)cc1N=Cc1cc(Cl)ccc1OCc1ccccc1. The van der Waals surface area contributed by atoms with Gasteiger partial charge in [-0.15, -0.1) is 0 Å². The Balaban J connectivity index is 1.84. The minimum Gasteiger partial charge on any atom is -0.488 e. The first-order chi connectivity index (χ1) is 12.1. The van der Waals surface area contributed by atoms with Crippen molar-refractivity contribution in [2.24, 2.45) is 4.99 Å². The second-order valence-corrected chi connectivity index (χ2v) is 6.52. The van der Waals surface area contributed by atoms with E-state index in [0.29, 0.717) is 16.7 Å². The monoisotopic (exact) mass is 369 g/mol. The predicted octanol–water partition coefficient (Wildman–Crippen LogP) is 6.63. The number of hydrogen-bond acceptors (Lipinski definition) is 2. The molecule has 25 heavy (non-hydrogen) atoms. The molecular weight excluding hydrogens is 353 g/mol. The van der Waals surface area contributed by atoms with Crippen LogP contribution < -0.4 is 4.74 Å². The number of halogens is 2. The van der Waals surface area contributed by atoms with Crippen LogP contribution in [0.25, 0.3) is 0 Å². The zero-order valence-electron chi connectivity index (χ0n) is 13.7. The molecule has 3 aromatic rings. The van der Waals surface area contributed by atoms with Crippen molar-refractivity contribution in [1.82, 2.24) is 0 Å². The number of benzene rings is 3. The first kappa shape index (κ1) is 17.5. The van der Waals surface area contributed by atoms with Crippen LogP contribution in [-0.2, 0) is 6.61 Å². The Labute approximate surface area is 157 Å². The molecule has 0 amide bonds. The highest BCUT2D eigenvalue weighted by Crippen LogP contribution is 2.26. The van der Waals surface area contributed by atoms with E-state index in [9.17, 15) is 0 Å². The Morgan fingerprint density at radius 2 is 1.64 bits per heavy atom. The fourth-order valence-electron chi connectivity index (χ4n) is 2.35. The van der Waals surface area contributed by atoms with E-state index in [1.165, 1.54) is 0 Å². The fourth-order valence-corrected chi connectivity index (χ4v) is 2.69. The fraction of sp³-hybridized carbons (Fsp3) is 0.0952. The maximum absolute atomic E-state index is 6.13. The first-order valence-corrected chi connectivity index (χ1v) is 8.64. The molecule has 0 spiro atoms. The average molecular weight is 370 g/mol. The molecular formula is C21H17Cl2NO. The summed E-state index contributed by atoms with van der Waals surface area (Å²) in [5.41, 5.74) is 3.80. The van der Waals surface area contributed by atoms with Gasteiger partial charge in [-0.2, -0.15) is 0 Å². The third kappa shape index (κ3) is 4.85. The molecule has 0 fully saturated rings. The van der Waals surface area contributed by atoms with Gasteiger partial charge in [0.05, 0.1) is 5.69 Å². The lowest BCUT2D eigenvalue weighted by Crippen LogP contribution is -1.98. The van der Waals surface area contributed by atoms with Gasteiger partial charge in [0.1, 0.15) is 12.4 Å². The molecule has 0 atom stereocenters. The lowest BCUT2D eigenvalue weighted by atomic mass is 10.2. The minimum absolute atomic E-state index is 0.486. The van der Waals surface area contributed by atoms with Gasteiger partial charge in [-0.25, -0.2) is 0 Å². The zero-order valence-corrected chi connectivity index (χ0v) is 15.3. The third-order valence-electron chi connectivity index (χ3n) is 3.72. The Morgan fingerprint density at radius 1 is 0.920 bits per heavy atom. The summed E-state index contributed by atoms with van der Waals surface area (Å²) < 4.78 is 5.94. The molecule has 0 aromatic heterocycles. The third-order valence-corrected chi connectivity index (χ3v) is 4.19. The van der Waals surface area contributed by atoms with E-state index in [0.717, 1.165) is 28.1 Å². The summed E-state index contributed by atoms with van der Waals surface area (Å²) in [5, 5.41) is 1.29. The van der Waals surface area contributed by atoms with Crippen LogP contribution >= 0.6 is 23.2 Å². The molecule has 0 heterocycles. The van der Waals surface area contributed by atoms with Gasteiger partial charge in [-0.3, -0.25) is 4.99 Å². The van der Waals surface area contributed by atoms with E-state index < -0.39 is 0 Å². The molecule has 0 unspecified atom stereocenters. The van der Waals surface area contributed by atoms with Crippen LogP contribution in [0.3, 0.4) is 0 Å². The normalized spacial score (nSPS) is 11.0. The van der Waals surface area contributed by atoms with E-state index in [4.69, 9.17) is 27.9 Å². The molecule has 0 aliphatic heterocycles. The molecule has 126 valence electrons. The van der Waals surface area contributed by atoms with Gasteiger partial charge >= 0.3 is 0 Å². The van der Waals surface area contributed by atoms with Crippen LogP contribution in [-0.4, -0.2) is 6.21 Å². The van der Waals surface area contributed by atoms with Crippen molar-refractivity contribution >= 4 is 35.1 Å². The van der Waals surface area contributed by atoms with Gasteiger partial charge in [0, 0.05) is 21.8 Å². The summed E-state index contributed by atoms with van der Waals surface area (Å²) in [5.74, 6) is 0.733. The molecule has 0 radical (unpaired) electrons. The maximum Gasteiger partial charge on any atom is 0.128 e. The summed E-state index contributed by atoms with van der Waals surface area (Å²) in [7, 11) is 0. The smallest absolute Gasteiger partial charge is 0.128 e. The molecule has 0 bridgehead atoms. The average Bonchev–Trinajstić information content (AvgIpc) is 2.62. The van der Waals surface area contributed by atoms with Gasteiger partial charge < -0.3 is 4.74 Å². The van der Waals surface area contributed by atoms with E-state index >= 15 is 0 Å². The van der Waals surface area contributed by atoms with Gasteiger partial charge in [0.2, 0.25) is 0 Å². The van der Waals surface area contributed by atoms with Crippen molar-refractivity contribution in [3.63, 3.8) is 0 Å². The number of ether oxygens (including phenoxy) is 1. The Bertz CT molecular complexity index is 892. The lowest BCUT2D eigenvalue weighted by Gasteiger charge is -2.10. The van der Waals surface area contributed by atoms with Crippen LogP contribution in [0.5, 0.6) is 5.75 Å². The summed E-state index contributed by atoms with van der Waals surface area (Å²) in [6, 6.07) is 21.2. The Morgan fingerprint density at radius 3 is 2.44 bits per heavy atom. The van der Waals surface area contributed by atoms with E-state index in [1.54, 1.807) is 6.21 Å². The van der Waals surface area contributed by atoms with Crippen molar-refractivity contribution < 1.29 is 4.74 Å². The predicted molar refractivity (Wildman–Crippen MR) is 106 cm³/mol. The Kier molecular flexibility index (Phi) is 5.75. The largest absolute Gasteiger partial charge is 0.488 e. The van der Waals surface area contributed by atoms with Crippen LogP contribution in [0.15, 0.2) is 71.7 Å². The highest BCUT2D eigenvalue weighted by molar-refractivity contribution is 6.31. The molecule has 0 N–H and O–H groups in total. The second kappa shape index (κ2) is 8.19. The molecule has 0 saturated carbocycles. The maximum atomic E-state index is 6.13. The molecule has 2 nitrogen and oxygen atoms in total. The number of rotatable bonds is 5. The number of nitrogens with zero attached hydrogens (tertiary/aromatic N) is 1. The van der Waals surface area contributed by atoms with Gasteiger partial charge in [-0.1, -0.05) is 59.6 Å². The first-order valence-electron chi connectivity index (χ1n) is 7.88. The summed E-state index contributed by atoms with van der Waals surface area (Å²) in [6.45, 7) is 2.48. The van der Waals surface area contributed by atoms with E-state index in [2.05, 4.69) is 4.99 Å². The summed E-state index contributed by atoms with van der Waals surface area (Å²) in [4.78, 5) is 4.55. The van der Waals surface area contributed by atoms with Crippen molar-refractivity contribution in [2.45, 2.75) is 13.5 Å². The van der Waals surface area contributed by atoms with Crippen molar-refractivity contribution in [1.29, 1.82) is 0 Å². The molecule has 3 aromatic carbocycles. The van der Waals surface area contributed by atoms with Gasteiger partial charge in [-0.05, 0) is 48.4 Å². The van der Waals surface area contributed by atoms with Crippen molar-refractivity contribution in [2.75, 3.05) is 0 Å². The number of aryl methyl sites for hydroxylation is 1. The highest BCUT2D eigenvalue weighted by atomic mass is 35.5. The standard InChI is InChI=1S/C21H17Cl2NO/c1-15-7-8-19(23)12-20(15)24-13-17-11-18(22)9-10-21(17)25-14-16-5-3-2-4-6-16/h2-13H,14H2,1H3. The molecule has 3 rings (SSSR count). The summed E-state index contributed by atoms with van der Waals surface area (Å²) >= 11 is 12.2.